The van der Waals surface area contributed by atoms with Gasteiger partial charge in [-0.1, -0.05) is 0 Å². The molecule has 0 radical (unpaired) electrons. The van der Waals surface area contributed by atoms with E-state index in [0.29, 0.717) is 49.7 Å². The van der Waals surface area contributed by atoms with Crippen molar-refractivity contribution in [3.8, 4) is 5.75 Å². The van der Waals surface area contributed by atoms with E-state index in [1.807, 2.05) is 0 Å². The Morgan fingerprint density at radius 2 is 1.82 bits per heavy atom. The molecular weight excluding hydrogens is 450 g/mol. The van der Waals surface area contributed by atoms with Crippen LogP contribution in [0.1, 0.15) is 10.6 Å². The van der Waals surface area contributed by atoms with Gasteiger partial charge in [0, 0.05) is 39.3 Å². The van der Waals surface area contributed by atoms with Gasteiger partial charge in [-0.2, -0.15) is 4.31 Å². The number of piperazine rings is 1. The van der Waals surface area contributed by atoms with E-state index in [4.69, 9.17) is 9.15 Å². The van der Waals surface area contributed by atoms with Crippen LogP contribution in [0.3, 0.4) is 0 Å². The van der Waals surface area contributed by atoms with Gasteiger partial charge >= 0.3 is 0 Å². The van der Waals surface area contributed by atoms with Crippen LogP contribution < -0.4 is 10.1 Å². The fourth-order valence-corrected chi connectivity index (χ4v) is 4.67. The molecule has 1 saturated heterocycles. The Hall–Kier alpha value is -1.88. The molecule has 8 nitrogen and oxygen atoms in total. The third kappa shape index (κ3) is 4.93. The topological polar surface area (TPSA) is 92.1 Å². The number of halogens is 1. The third-order valence-corrected chi connectivity index (χ3v) is 6.88. The molecule has 1 aliphatic rings. The molecule has 2 aromatic rings. The lowest BCUT2D eigenvalue weighted by atomic mass is 10.3. The summed E-state index contributed by atoms with van der Waals surface area (Å²) < 4.78 is 37.8. The average molecular weight is 472 g/mol. The van der Waals surface area contributed by atoms with Crippen molar-refractivity contribution < 1.29 is 22.4 Å². The van der Waals surface area contributed by atoms with Crippen LogP contribution in [0.2, 0.25) is 0 Å². The quantitative estimate of drug-likeness (QED) is 0.661. The van der Waals surface area contributed by atoms with Crippen LogP contribution in [0.5, 0.6) is 5.75 Å². The molecule has 152 valence electrons. The highest BCUT2D eigenvalue weighted by Crippen LogP contribution is 2.20. The van der Waals surface area contributed by atoms with Gasteiger partial charge in [-0.3, -0.25) is 9.69 Å². The normalized spacial score (nSPS) is 16.1. The first-order valence-corrected chi connectivity index (χ1v) is 11.0. The van der Waals surface area contributed by atoms with Gasteiger partial charge in [0.05, 0.1) is 12.0 Å². The molecule has 1 aromatic carbocycles. The summed E-state index contributed by atoms with van der Waals surface area (Å²) in [5, 5.41) is 2.80. The first-order chi connectivity index (χ1) is 13.4. The summed E-state index contributed by atoms with van der Waals surface area (Å²) in [6, 6.07) is 9.67. The summed E-state index contributed by atoms with van der Waals surface area (Å²) in [6.07, 6.45) is 0. The molecule has 1 amide bonds. The molecule has 0 atom stereocenters. The summed E-state index contributed by atoms with van der Waals surface area (Å²) in [5.74, 6) is 0.599. The van der Waals surface area contributed by atoms with Gasteiger partial charge in [0.2, 0.25) is 10.0 Å². The molecule has 28 heavy (non-hydrogen) atoms. The van der Waals surface area contributed by atoms with E-state index in [2.05, 4.69) is 26.1 Å². The van der Waals surface area contributed by atoms with E-state index >= 15 is 0 Å². The molecule has 2 heterocycles. The zero-order valence-corrected chi connectivity index (χ0v) is 17.8. The van der Waals surface area contributed by atoms with Crippen LogP contribution in [0.25, 0.3) is 0 Å². The van der Waals surface area contributed by atoms with Crippen molar-refractivity contribution in [2.75, 3.05) is 46.4 Å². The Morgan fingerprint density at radius 1 is 1.14 bits per heavy atom. The van der Waals surface area contributed by atoms with E-state index in [0.717, 1.165) is 0 Å². The maximum absolute atomic E-state index is 12.8. The smallest absolute Gasteiger partial charge is 0.287 e. The average Bonchev–Trinajstić information content (AvgIpc) is 3.15. The van der Waals surface area contributed by atoms with Crippen molar-refractivity contribution in [3.63, 3.8) is 0 Å². The second-order valence-electron chi connectivity index (χ2n) is 6.28. The lowest BCUT2D eigenvalue weighted by Crippen LogP contribution is -2.50. The SMILES string of the molecule is COc1ccc(S(=O)(=O)N2CCN(CCNC(=O)c3ccc(Br)o3)CC2)cc1. The predicted octanol–water partition coefficient (Wildman–Crippen LogP) is 1.79. The number of amides is 1. The van der Waals surface area contributed by atoms with Crippen molar-refractivity contribution in [2.45, 2.75) is 4.90 Å². The predicted molar refractivity (Wildman–Crippen MR) is 107 cm³/mol. The monoisotopic (exact) mass is 471 g/mol. The molecule has 3 rings (SSSR count). The lowest BCUT2D eigenvalue weighted by Gasteiger charge is -2.33. The van der Waals surface area contributed by atoms with E-state index in [-0.39, 0.29) is 16.6 Å². The van der Waals surface area contributed by atoms with Crippen molar-refractivity contribution in [3.05, 3.63) is 46.8 Å². The Bertz CT molecular complexity index is 906. The van der Waals surface area contributed by atoms with Gasteiger partial charge < -0.3 is 14.5 Å². The Kier molecular flexibility index (Phi) is 6.76. The fourth-order valence-electron chi connectivity index (χ4n) is 2.94. The minimum Gasteiger partial charge on any atom is -0.497 e. The number of carbonyl (C=O) groups excluding carboxylic acids is 1. The van der Waals surface area contributed by atoms with Gasteiger partial charge in [-0.15, -0.1) is 0 Å². The third-order valence-electron chi connectivity index (χ3n) is 4.54. The standard InChI is InChI=1S/C18H22BrN3O5S/c1-26-14-2-4-15(5-3-14)28(24,25)22-12-10-21(11-13-22)9-8-20-18(23)16-6-7-17(19)27-16/h2-7H,8-13H2,1H3,(H,20,23). The van der Waals surface area contributed by atoms with Gasteiger partial charge in [-0.05, 0) is 52.3 Å². The molecule has 0 unspecified atom stereocenters. The zero-order valence-electron chi connectivity index (χ0n) is 15.4. The number of hydrogen-bond donors (Lipinski definition) is 1. The number of rotatable bonds is 7. The Balaban J connectivity index is 1.46. The zero-order chi connectivity index (χ0) is 20.1. The molecule has 1 N–H and O–H groups in total. The van der Waals surface area contributed by atoms with Gasteiger partial charge in [0.25, 0.3) is 5.91 Å². The summed E-state index contributed by atoms with van der Waals surface area (Å²) in [4.78, 5) is 14.3. The van der Waals surface area contributed by atoms with E-state index in [1.165, 1.54) is 4.31 Å². The lowest BCUT2D eigenvalue weighted by molar-refractivity contribution is 0.0916. The Morgan fingerprint density at radius 3 is 2.39 bits per heavy atom. The molecule has 0 saturated carbocycles. The van der Waals surface area contributed by atoms with E-state index < -0.39 is 10.0 Å². The van der Waals surface area contributed by atoms with Crippen LogP contribution in [0.15, 0.2) is 50.4 Å². The van der Waals surface area contributed by atoms with Crippen molar-refractivity contribution in [1.82, 2.24) is 14.5 Å². The number of carbonyl (C=O) groups is 1. The highest BCUT2D eigenvalue weighted by molar-refractivity contribution is 9.10. The van der Waals surface area contributed by atoms with E-state index in [9.17, 15) is 13.2 Å². The molecule has 0 bridgehead atoms. The summed E-state index contributed by atoms with van der Waals surface area (Å²) in [7, 11) is -1.97. The van der Waals surface area contributed by atoms with Gasteiger partial charge in [-0.25, -0.2) is 8.42 Å². The minimum absolute atomic E-state index is 0.252. The van der Waals surface area contributed by atoms with Crippen LogP contribution in [-0.4, -0.2) is 69.9 Å². The first kappa shape index (κ1) is 20.8. The van der Waals surface area contributed by atoms with Crippen LogP contribution in [0.4, 0.5) is 0 Å². The highest BCUT2D eigenvalue weighted by Gasteiger charge is 2.28. The largest absolute Gasteiger partial charge is 0.497 e. The van der Waals surface area contributed by atoms with Crippen LogP contribution >= 0.6 is 15.9 Å². The molecule has 1 fully saturated rings. The number of methoxy groups -OCH3 is 1. The minimum atomic E-state index is -3.51. The number of nitrogens with zero attached hydrogens (tertiary/aromatic N) is 2. The summed E-state index contributed by atoms with van der Waals surface area (Å²) in [6.45, 7) is 3.14. The molecule has 1 aromatic heterocycles. The summed E-state index contributed by atoms with van der Waals surface area (Å²) in [5.41, 5.74) is 0. The molecule has 1 aliphatic heterocycles. The Labute approximate surface area is 172 Å². The maximum atomic E-state index is 12.8. The van der Waals surface area contributed by atoms with Crippen molar-refractivity contribution in [1.29, 1.82) is 0 Å². The molecule has 0 spiro atoms. The first-order valence-electron chi connectivity index (χ1n) is 8.80. The van der Waals surface area contributed by atoms with Crippen molar-refractivity contribution in [2.24, 2.45) is 0 Å². The number of hydrogen-bond acceptors (Lipinski definition) is 6. The maximum Gasteiger partial charge on any atom is 0.287 e. The van der Waals surface area contributed by atoms with E-state index in [1.54, 1.807) is 43.5 Å². The molecular formula is C18H22BrN3O5S. The van der Waals surface area contributed by atoms with Crippen LogP contribution in [-0.2, 0) is 10.0 Å². The van der Waals surface area contributed by atoms with Crippen molar-refractivity contribution >= 4 is 31.9 Å². The summed E-state index contributed by atoms with van der Waals surface area (Å²) >= 11 is 3.16. The van der Waals surface area contributed by atoms with Gasteiger partial charge in [0.1, 0.15) is 5.75 Å². The van der Waals surface area contributed by atoms with Crippen LogP contribution in [0, 0.1) is 0 Å². The number of ether oxygens (including phenoxy) is 1. The number of nitrogens with one attached hydrogen (secondary N) is 1. The number of benzene rings is 1. The second kappa shape index (κ2) is 9.08. The fraction of sp³-hybridized carbons (Fsp3) is 0.389. The second-order valence-corrected chi connectivity index (χ2v) is 9.00. The molecule has 0 aliphatic carbocycles. The number of furan rings is 1. The number of sulfonamides is 1. The van der Waals surface area contributed by atoms with Gasteiger partial charge in [0.15, 0.2) is 10.4 Å². The molecule has 10 heteroatoms. The highest BCUT2D eigenvalue weighted by atomic mass is 79.9.